The molecule has 4 aromatic rings. The number of carbonyl (C=O) groups excluding carboxylic acids is 1. The maximum absolute atomic E-state index is 13.6. The molecule has 2 atom stereocenters. The second kappa shape index (κ2) is 9.71. The topological polar surface area (TPSA) is 68.8 Å². The third kappa shape index (κ3) is 4.30. The summed E-state index contributed by atoms with van der Waals surface area (Å²) in [6.07, 6.45) is 0.505. The highest BCUT2D eigenvalue weighted by molar-refractivity contribution is 6.10. The van der Waals surface area contributed by atoms with Gasteiger partial charge in [0.05, 0.1) is 13.2 Å². The quantitative estimate of drug-likeness (QED) is 0.407. The van der Waals surface area contributed by atoms with E-state index in [9.17, 15) is 9.90 Å². The molecule has 1 aliphatic heterocycles. The zero-order valence-corrected chi connectivity index (χ0v) is 19.2. The first-order valence-corrected chi connectivity index (χ1v) is 11.6. The summed E-state index contributed by atoms with van der Waals surface area (Å²) in [6.45, 7) is 3.13. The molecule has 0 saturated carbocycles. The number of ketones is 1. The number of aliphatic hydroxyl groups is 1. The van der Waals surface area contributed by atoms with E-state index in [-0.39, 0.29) is 5.78 Å². The van der Waals surface area contributed by atoms with Gasteiger partial charge in [-0.25, -0.2) is 0 Å². The van der Waals surface area contributed by atoms with Gasteiger partial charge in [0.1, 0.15) is 11.9 Å². The van der Waals surface area contributed by atoms with Crippen molar-refractivity contribution in [3.8, 4) is 5.75 Å². The molecule has 1 aliphatic rings. The number of piperazine rings is 1. The highest BCUT2D eigenvalue weighted by Gasteiger charge is 2.35. The van der Waals surface area contributed by atoms with Crippen LogP contribution in [0, 0.1) is 0 Å². The fraction of sp³-hybridized carbons (Fsp3) is 0.250. The number of rotatable bonds is 7. The molecule has 3 aromatic carbocycles. The average Bonchev–Trinajstić information content (AvgIpc) is 3.34. The van der Waals surface area contributed by atoms with Gasteiger partial charge in [0.25, 0.3) is 0 Å². The number of H-pyrrole nitrogens is 1. The fourth-order valence-electron chi connectivity index (χ4n) is 4.87. The van der Waals surface area contributed by atoms with Crippen molar-refractivity contribution < 1.29 is 14.6 Å². The average molecular weight is 456 g/mol. The van der Waals surface area contributed by atoms with Gasteiger partial charge in [-0.1, -0.05) is 48.5 Å². The van der Waals surface area contributed by atoms with E-state index in [2.05, 4.69) is 26.9 Å². The minimum absolute atomic E-state index is 0.274. The van der Waals surface area contributed by atoms with Crippen molar-refractivity contribution in [3.63, 3.8) is 0 Å². The molecular weight excluding hydrogens is 426 g/mol. The Morgan fingerprint density at radius 1 is 0.912 bits per heavy atom. The predicted octanol–water partition coefficient (Wildman–Crippen LogP) is 4.28. The molecule has 0 unspecified atom stereocenters. The van der Waals surface area contributed by atoms with E-state index in [1.165, 1.54) is 5.69 Å². The fourth-order valence-corrected chi connectivity index (χ4v) is 4.87. The second-order valence-electron chi connectivity index (χ2n) is 8.63. The lowest BCUT2D eigenvalue weighted by Crippen LogP contribution is -2.51. The van der Waals surface area contributed by atoms with Crippen LogP contribution in [-0.2, 0) is 0 Å². The van der Waals surface area contributed by atoms with E-state index in [1.54, 1.807) is 13.3 Å². The largest absolute Gasteiger partial charge is 0.497 e. The van der Waals surface area contributed by atoms with Crippen molar-refractivity contribution in [2.24, 2.45) is 0 Å². The van der Waals surface area contributed by atoms with Gasteiger partial charge in [-0.2, -0.15) is 0 Å². The Bertz CT molecular complexity index is 1240. The van der Waals surface area contributed by atoms with Crippen LogP contribution in [0.3, 0.4) is 0 Å². The summed E-state index contributed by atoms with van der Waals surface area (Å²) in [5, 5.41) is 12.3. The molecule has 0 radical (unpaired) electrons. The predicted molar refractivity (Wildman–Crippen MR) is 135 cm³/mol. The molecule has 2 heterocycles. The highest BCUT2D eigenvalue weighted by atomic mass is 16.5. The minimum Gasteiger partial charge on any atom is -0.497 e. The normalized spacial score (nSPS) is 16.4. The molecule has 6 nitrogen and oxygen atoms in total. The number of anilines is 1. The van der Waals surface area contributed by atoms with Crippen LogP contribution < -0.4 is 9.64 Å². The number of benzene rings is 3. The van der Waals surface area contributed by atoms with Crippen molar-refractivity contribution in [1.82, 2.24) is 9.88 Å². The van der Waals surface area contributed by atoms with Crippen molar-refractivity contribution in [3.05, 3.63) is 96.2 Å². The highest BCUT2D eigenvalue weighted by Crippen LogP contribution is 2.31. The van der Waals surface area contributed by atoms with Gasteiger partial charge in [-0.3, -0.25) is 9.69 Å². The second-order valence-corrected chi connectivity index (χ2v) is 8.63. The number of nitrogens with zero attached hydrogens (tertiary/aromatic N) is 2. The lowest BCUT2D eigenvalue weighted by atomic mass is 9.92. The summed E-state index contributed by atoms with van der Waals surface area (Å²) in [5.41, 5.74) is 3.49. The van der Waals surface area contributed by atoms with Crippen LogP contribution in [0.15, 0.2) is 85.1 Å². The maximum atomic E-state index is 13.6. The van der Waals surface area contributed by atoms with Crippen molar-refractivity contribution >= 4 is 22.4 Å². The number of nitrogens with one attached hydrogen (secondary N) is 1. The lowest BCUT2D eigenvalue weighted by molar-refractivity contribution is 0.0366. The summed E-state index contributed by atoms with van der Waals surface area (Å²) in [4.78, 5) is 21.3. The number of aliphatic hydroxyl groups excluding tert-OH is 1. The Balaban J connectivity index is 1.43. The zero-order chi connectivity index (χ0) is 23.5. The van der Waals surface area contributed by atoms with Gasteiger partial charge in [-0.15, -0.1) is 0 Å². The van der Waals surface area contributed by atoms with E-state index in [1.807, 2.05) is 66.7 Å². The summed E-state index contributed by atoms with van der Waals surface area (Å²) in [6, 6.07) is 25.2. The first-order valence-electron chi connectivity index (χ1n) is 11.6. The van der Waals surface area contributed by atoms with Crippen LogP contribution in [-0.4, -0.2) is 60.2 Å². The Hall–Kier alpha value is -3.61. The monoisotopic (exact) mass is 455 g/mol. The SMILES string of the molecule is COc1ccc([C@H]([C@H](O)C(=O)c2c[nH]c3ccccc23)N2CCN(c3ccccc3)CC2)cc1. The molecule has 0 amide bonds. The number of hydrogen-bond donors (Lipinski definition) is 2. The molecule has 1 aromatic heterocycles. The first-order chi connectivity index (χ1) is 16.7. The number of hydrogen-bond acceptors (Lipinski definition) is 5. The van der Waals surface area contributed by atoms with Gasteiger partial charge in [0.2, 0.25) is 0 Å². The zero-order valence-electron chi connectivity index (χ0n) is 19.2. The molecule has 5 rings (SSSR count). The molecule has 174 valence electrons. The summed E-state index contributed by atoms with van der Waals surface area (Å²) in [7, 11) is 1.63. The number of aromatic amines is 1. The first kappa shape index (κ1) is 22.2. The molecule has 2 N–H and O–H groups in total. The molecular formula is C28H29N3O3. The van der Waals surface area contributed by atoms with Gasteiger partial charge in [0.15, 0.2) is 5.78 Å². The smallest absolute Gasteiger partial charge is 0.195 e. The lowest BCUT2D eigenvalue weighted by Gasteiger charge is -2.41. The molecule has 34 heavy (non-hydrogen) atoms. The number of carbonyl (C=O) groups is 1. The van der Waals surface area contributed by atoms with Crippen LogP contribution in [0.1, 0.15) is 22.0 Å². The van der Waals surface area contributed by atoms with E-state index in [0.717, 1.165) is 48.4 Å². The number of ether oxygens (including phenoxy) is 1. The number of aromatic nitrogens is 1. The Kier molecular flexibility index (Phi) is 6.34. The molecule has 1 saturated heterocycles. The van der Waals surface area contributed by atoms with Crippen LogP contribution in [0.5, 0.6) is 5.75 Å². The van der Waals surface area contributed by atoms with Crippen molar-refractivity contribution in [2.45, 2.75) is 12.1 Å². The van der Waals surface area contributed by atoms with Gasteiger partial charge in [0, 0.05) is 54.5 Å². The molecule has 0 aliphatic carbocycles. The van der Waals surface area contributed by atoms with Crippen molar-refractivity contribution in [1.29, 1.82) is 0 Å². The van der Waals surface area contributed by atoms with E-state index in [0.29, 0.717) is 5.56 Å². The van der Waals surface area contributed by atoms with Gasteiger partial charge >= 0.3 is 0 Å². The third-order valence-electron chi connectivity index (χ3n) is 6.71. The van der Waals surface area contributed by atoms with E-state index < -0.39 is 12.1 Å². The summed E-state index contributed by atoms with van der Waals surface area (Å²) < 4.78 is 5.32. The molecule has 6 heteroatoms. The van der Waals surface area contributed by atoms with Gasteiger partial charge in [-0.05, 0) is 35.9 Å². The Labute approximate surface area is 199 Å². The number of para-hydroxylation sites is 2. The number of Topliss-reactive ketones (excluding diaryl/α,β-unsaturated/α-hetero) is 1. The number of fused-ring (bicyclic) bond motifs is 1. The number of methoxy groups -OCH3 is 1. The van der Waals surface area contributed by atoms with Crippen LogP contribution >= 0.6 is 0 Å². The van der Waals surface area contributed by atoms with Crippen LogP contribution in [0.4, 0.5) is 5.69 Å². The minimum atomic E-state index is -1.20. The van der Waals surface area contributed by atoms with Crippen molar-refractivity contribution in [2.75, 3.05) is 38.2 Å². The molecule has 0 bridgehead atoms. The van der Waals surface area contributed by atoms with E-state index >= 15 is 0 Å². The maximum Gasteiger partial charge on any atom is 0.195 e. The Morgan fingerprint density at radius 3 is 2.29 bits per heavy atom. The molecule has 0 spiro atoms. The third-order valence-corrected chi connectivity index (χ3v) is 6.71. The van der Waals surface area contributed by atoms with E-state index in [4.69, 9.17) is 4.74 Å². The van der Waals surface area contributed by atoms with Crippen LogP contribution in [0.25, 0.3) is 10.9 Å². The Morgan fingerprint density at radius 2 is 1.59 bits per heavy atom. The summed E-state index contributed by atoms with van der Waals surface area (Å²) in [5.74, 6) is 0.470. The van der Waals surface area contributed by atoms with Crippen LogP contribution in [0.2, 0.25) is 0 Å². The van der Waals surface area contributed by atoms with Gasteiger partial charge < -0.3 is 19.7 Å². The molecule has 1 fully saturated rings. The standard InChI is InChI=1S/C28H29N3O3/c1-34-22-13-11-20(12-14-22)26(31-17-15-30(16-18-31)21-7-3-2-4-8-21)28(33)27(32)24-19-29-25-10-6-5-9-23(24)25/h2-14,19,26,28-29,33H,15-18H2,1H3/t26-,28+/m1/s1. The summed E-state index contributed by atoms with van der Waals surface area (Å²) >= 11 is 0.